The summed E-state index contributed by atoms with van der Waals surface area (Å²) in [7, 11) is 0. The Morgan fingerprint density at radius 1 is 1.00 bits per heavy atom. The number of hydrazine groups is 1. The molecule has 1 aromatic heterocycles. The molecule has 0 radical (unpaired) electrons. The number of carbonyl (C=O) groups excluding carboxylic acids is 2. The number of nitrogens with one attached hydrogen (secondary N) is 2. The van der Waals surface area contributed by atoms with Gasteiger partial charge in [0.25, 0.3) is 11.8 Å². The van der Waals surface area contributed by atoms with Gasteiger partial charge in [0.2, 0.25) is 0 Å². The Morgan fingerprint density at radius 2 is 1.67 bits per heavy atom. The average Bonchev–Trinajstić information content (AvgIpc) is 2.95. The van der Waals surface area contributed by atoms with Gasteiger partial charge >= 0.3 is 0 Å². The minimum Gasteiger partial charge on any atom is -0.268 e. The van der Waals surface area contributed by atoms with Crippen LogP contribution in [0.1, 0.15) is 46.4 Å². The molecule has 0 bridgehead atoms. The molecule has 2 amide bonds. The maximum Gasteiger partial charge on any atom is 0.269 e. The van der Waals surface area contributed by atoms with Crippen LogP contribution in [0.5, 0.6) is 0 Å². The second-order valence-corrected chi connectivity index (χ2v) is 7.87. The van der Waals surface area contributed by atoms with Gasteiger partial charge in [-0.15, -0.1) is 11.3 Å². The molecule has 0 aliphatic rings. The second kappa shape index (κ2) is 7.45. The molecule has 2 aromatic rings. The van der Waals surface area contributed by atoms with Crippen LogP contribution in [0.2, 0.25) is 0 Å². The highest BCUT2D eigenvalue weighted by Gasteiger charge is 2.14. The molecule has 0 saturated carbocycles. The van der Waals surface area contributed by atoms with Crippen LogP contribution in [0.25, 0.3) is 6.08 Å². The molecular weight excluding hydrogens is 320 g/mol. The molecule has 0 spiro atoms. The summed E-state index contributed by atoms with van der Waals surface area (Å²) in [6, 6.07) is 11.3. The maximum absolute atomic E-state index is 12.0. The van der Waals surface area contributed by atoms with Crippen molar-refractivity contribution in [1.29, 1.82) is 0 Å². The lowest BCUT2D eigenvalue weighted by molar-refractivity contribution is -0.117. The number of aryl methyl sites for hydroxylation is 1. The third-order valence-corrected chi connectivity index (χ3v) is 4.44. The van der Waals surface area contributed by atoms with Crippen LogP contribution in [0.3, 0.4) is 0 Å². The fourth-order valence-electron chi connectivity index (χ4n) is 2.05. The van der Waals surface area contributed by atoms with Gasteiger partial charge in [-0.1, -0.05) is 32.9 Å². The normalized spacial score (nSPS) is 11.5. The van der Waals surface area contributed by atoms with Crippen molar-refractivity contribution in [3.05, 3.63) is 63.4 Å². The monoisotopic (exact) mass is 342 g/mol. The smallest absolute Gasteiger partial charge is 0.268 e. The molecule has 126 valence electrons. The van der Waals surface area contributed by atoms with E-state index in [1.54, 1.807) is 29.5 Å². The lowest BCUT2D eigenvalue weighted by atomic mass is 9.87. The highest BCUT2D eigenvalue weighted by molar-refractivity contribution is 7.12. The van der Waals surface area contributed by atoms with E-state index in [9.17, 15) is 9.59 Å². The fraction of sp³-hybridized carbons (Fsp3) is 0.263. The summed E-state index contributed by atoms with van der Waals surface area (Å²) >= 11 is 1.60. The first-order chi connectivity index (χ1) is 11.3. The molecule has 1 heterocycles. The zero-order valence-corrected chi connectivity index (χ0v) is 15.2. The molecule has 0 atom stereocenters. The lowest BCUT2D eigenvalue weighted by Crippen LogP contribution is -2.40. The van der Waals surface area contributed by atoms with Crippen molar-refractivity contribution in [2.45, 2.75) is 33.1 Å². The SMILES string of the molecule is Cc1ccc(/C=C/C(=O)NNC(=O)c2ccc(C(C)(C)C)cc2)s1. The molecule has 0 fully saturated rings. The second-order valence-electron chi connectivity index (χ2n) is 6.55. The minimum atomic E-state index is -0.374. The van der Waals surface area contributed by atoms with Crippen molar-refractivity contribution in [3.63, 3.8) is 0 Å². The van der Waals surface area contributed by atoms with Gasteiger partial charge in [0, 0.05) is 21.4 Å². The largest absolute Gasteiger partial charge is 0.269 e. The van der Waals surface area contributed by atoms with Crippen LogP contribution in [0, 0.1) is 6.92 Å². The topological polar surface area (TPSA) is 58.2 Å². The summed E-state index contributed by atoms with van der Waals surface area (Å²) < 4.78 is 0. The molecule has 0 aliphatic carbocycles. The van der Waals surface area contributed by atoms with Crippen LogP contribution in [-0.4, -0.2) is 11.8 Å². The summed E-state index contributed by atoms with van der Waals surface area (Å²) in [4.78, 5) is 26.0. The molecule has 2 N–H and O–H groups in total. The van der Waals surface area contributed by atoms with Crippen LogP contribution in [0.4, 0.5) is 0 Å². The van der Waals surface area contributed by atoms with E-state index in [1.807, 2.05) is 31.2 Å². The van der Waals surface area contributed by atoms with E-state index in [1.165, 1.54) is 11.0 Å². The van der Waals surface area contributed by atoms with Crippen molar-refractivity contribution in [2.24, 2.45) is 0 Å². The van der Waals surface area contributed by atoms with Crippen molar-refractivity contribution < 1.29 is 9.59 Å². The summed E-state index contributed by atoms with van der Waals surface area (Å²) in [6.07, 6.45) is 3.12. The fourth-order valence-corrected chi connectivity index (χ4v) is 2.83. The van der Waals surface area contributed by atoms with E-state index in [-0.39, 0.29) is 17.2 Å². The highest BCUT2D eigenvalue weighted by Crippen LogP contribution is 2.22. The summed E-state index contributed by atoms with van der Waals surface area (Å²) in [5.74, 6) is -0.718. The molecule has 5 heteroatoms. The minimum absolute atomic E-state index is 0.0359. The van der Waals surface area contributed by atoms with E-state index in [4.69, 9.17) is 0 Å². The number of amides is 2. The van der Waals surface area contributed by atoms with Gasteiger partial charge in [-0.2, -0.15) is 0 Å². The Hall–Kier alpha value is -2.40. The van der Waals surface area contributed by atoms with Gasteiger partial charge in [0.15, 0.2) is 0 Å². The van der Waals surface area contributed by atoms with Crippen LogP contribution in [-0.2, 0) is 10.2 Å². The number of hydrogen-bond acceptors (Lipinski definition) is 3. The first-order valence-corrected chi connectivity index (χ1v) is 8.53. The van der Waals surface area contributed by atoms with Crippen molar-refractivity contribution in [2.75, 3.05) is 0 Å². The molecule has 4 nitrogen and oxygen atoms in total. The van der Waals surface area contributed by atoms with Gasteiger partial charge in [-0.3, -0.25) is 20.4 Å². The lowest BCUT2D eigenvalue weighted by Gasteiger charge is -2.19. The van der Waals surface area contributed by atoms with E-state index < -0.39 is 0 Å². The Kier molecular flexibility index (Phi) is 5.57. The molecule has 24 heavy (non-hydrogen) atoms. The molecule has 0 saturated heterocycles. The molecule has 1 aromatic carbocycles. The quantitative estimate of drug-likeness (QED) is 0.658. The highest BCUT2D eigenvalue weighted by atomic mass is 32.1. The van der Waals surface area contributed by atoms with Crippen molar-refractivity contribution >= 4 is 29.2 Å². The molecule has 0 aliphatic heterocycles. The molecule has 0 unspecified atom stereocenters. The zero-order valence-electron chi connectivity index (χ0n) is 14.3. The van der Waals surface area contributed by atoms with E-state index in [0.29, 0.717) is 5.56 Å². The predicted octanol–water partition coefficient (Wildman–Crippen LogP) is 3.83. The third-order valence-electron chi connectivity index (χ3n) is 3.47. The van der Waals surface area contributed by atoms with Crippen LogP contribution < -0.4 is 10.9 Å². The van der Waals surface area contributed by atoms with Gasteiger partial charge in [-0.25, -0.2) is 0 Å². The Bertz CT molecular complexity index is 752. The standard InChI is InChI=1S/C19H22N2O2S/c1-13-5-10-16(24-13)11-12-17(22)20-21-18(23)14-6-8-15(9-7-14)19(2,3)4/h5-12H,1-4H3,(H,20,22)(H,21,23)/b12-11+. The van der Waals surface area contributed by atoms with Gasteiger partial charge in [-0.05, 0) is 48.2 Å². The number of benzene rings is 1. The Balaban J connectivity index is 1.88. The summed E-state index contributed by atoms with van der Waals surface area (Å²) in [5.41, 5.74) is 6.48. The maximum atomic E-state index is 12.0. The van der Waals surface area contributed by atoms with Crippen LogP contribution >= 0.6 is 11.3 Å². The average molecular weight is 342 g/mol. The predicted molar refractivity (Wildman–Crippen MR) is 98.8 cm³/mol. The van der Waals surface area contributed by atoms with Gasteiger partial charge in [0.1, 0.15) is 0 Å². The number of hydrogen-bond donors (Lipinski definition) is 2. The molecular formula is C19H22N2O2S. The number of thiophene rings is 1. The summed E-state index contributed by atoms with van der Waals surface area (Å²) in [5, 5.41) is 0. The first kappa shape index (κ1) is 17.9. The number of carbonyl (C=O) groups is 2. The van der Waals surface area contributed by atoms with Crippen molar-refractivity contribution in [1.82, 2.24) is 10.9 Å². The Labute approximate surface area is 146 Å². The molecule has 2 rings (SSSR count). The number of rotatable bonds is 3. The van der Waals surface area contributed by atoms with E-state index >= 15 is 0 Å². The third kappa shape index (κ3) is 5.06. The summed E-state index contributed by atoms with van der Waals surface area (Å²) in [6.45, 7) is 8.35. The van der Waals surface area contributed by atoms with Gasteiger partial charge < -0.3 is 0 Å². The van der Waals surface area contributed by atoms with E-state index in [0.717, 1.165) is 10.4 Å². The zero-order chi connectivity index (χ0) is 17.7. The van der Waals surface area contributed by atoms with Crippen LogP contribution in [0.15, 0.2) is 42.5 Å². The Morgan fingerprint density at radius 3 is 2.21 bits per heavy atom. The van der Waals surface area contributed by atoms with Gasteiger partial charge in [0.05, 0.1) is 0 Å². The van der Waals surface area contributed by atoms with E-state index in [2.05, 4.69) is 31.6 Å². The first-order valence-electron chi connectivity index (χ1n) is 7.71. The van der Waals surface area contributed by atoms with Crippen molar-refractivity contribution in [3.8, 4) is 0 Å².